The van der Waals surface area contributed by atoms with Gasteiger partial charge in [-0.25, -0.2) is 17.6 Å². The average Bonchev–Trinajstić information content (AvgIpc) is 3.03. The Balaban J connectivity index is 1.30. The number of rotatable bonds is 10. The maximum absolute atomic E-state index is 16.5. The molecular weight excluding hydrogens is 590 g/mol. The van der Waals surface area contributed by atoms with E-state index in [0.29, 0.717) is 80.4 Å². The zero-order valence-corrected chi connectivity index (χ0v) is 25.3. The zero-order chi connectivity index (χ0) is 32.0. The second-order valence-corrected chi connectivity index (χ2v) is 11.9. The maximum Gasteiger partial charge on any atom is 0.303 e. The van der Waals surface area contributed by atoms with Crippen LogP contribution in [0.25, 0.3) is 10.9 Å². The molecule has 3 aromatic rings. The number of nitrogens with zero attached hydrogens (tertiary/aromatic N) is 3. The van der Waals surface area contributed by atoms with Gasteiger partial charge in [0.05, 0.1) is 44.4 Å². The van der Waals surface area contributed by atoms with Crippen LogP contribution in [0.3, 0.4) is 0 Å². The van der Waals surface area contributed by atoms with Crippen LogP contribution < -0.4 is 4.74 Å². The van der Waals surface area contributed by atoms with Crippen LogP contribution in [0.4, 0.5) is 17.6 Å². The number of hydrogen-bond donors (Lipinski definition) is 1. The van der Waals surface area contributed by atoms with Crippen LogP contribution in [0.1, 0.15) is 55.0 Å². The van der Waals surface area contributed by atoms with Gasteiger partial charge in [-0.3, -0.25) is 19.6 Å². The number of carboxylic acid groups (broad SMARTS) is 1. The first kappa shape index (κ1) is 32.7. The highest BCUT2D eigenvalue weighted by Gasteiger charge is 2.37. The second-order valence-electron chi connectivity index (χ2n) is 11.9. The predicted molar refractivity (Wildman–Crippen MR) is 161 cm³/mol. The number of likely N-dealkylation sites (tertiary alicyclic amines) is 1. The van der Waals surface area contributed by atoms with E-state index in [1.165, 1.54) is 0 Å². The van der Waals surface area contributed by atoms with Gasteiger partial charge in [0.15, 0.2) is 11.6 Å². The molecule has 240 valence electrons. The number of carbonyl (C=O) groups is 1. The first-order chi connectivity index (χ1) is 21.7. The second kappa shape index (κ2) is 14.6. The van der Waals surface area contributed by atoms with Crippen molar-refractivity contribution in [2.75, 3.05) is 53.0 Å². The predicted octanol–water partition coefficient (Wildman–Crippen LogP) is 5.89. The molecular formula is C34H37F4N3O4. The molecule has 1 atom stereocenters. The lowest BCUT2D eigenvalue weighted by molar-refractivity contribution is -0.141. The Kier molecular flexibility index (Phi) is 10.6. The van der Waals surface area contributed by atoms with Crippen LogP contribution in [-0.2, 0) is 16.1 Å². The zero-order valence-electron chi connectivity index (χ0n) is 25.3. The number of pyridine rings is 1. The van der Waals surface area contributed by atoms with Crippen molar-refractivity contribution in [1.82, 2.24) is 14.8 Å². The summed E-state index contributed by atoms with van der Waals surface area (Å²) >= 11 is 0. The van der Waals surface area contributed by atoms with Gasteiger partial charge in [0.1, 0.15) is 17.7 Å². The number of alkyl halides is 1. The summed E-state index contributed by atoms with van der Waals surface area (Å²) in [6, 6.07) is 6.73. The standard InChI is InChI=1S/C34H37F4N3O4/c1-44-26-4-5-30-27(19-26)32(24(21-39-30)22-41-13-15-45-16-14-41)28(36)6-7-34(20-31(42)43)8-11-40(12-9-34)10-2-3-23-17-25(35)18-29(37)33(23)38/h4-5,17-19,21,28H,6-16,20,22H2,1H3,(H,42,43). The SMILES string of the molecule is COc1ccc2ncc(CN3CCOCC3)c(C(F)CCC3(CC(=O)O)CCN(CC#Cc4cc(F)cc(F)c4F)CC3)c2c1. The van der Waals surface area contributed by atoms with Gasteiger partial charge in [0, 0.05) is 42.8 Å². The molecule has 45 heavy (non-hydrogen) atoms. The summed E-state index contributed by atoms with van der Waals surface area (Å²) in [5.41, 5.74) is 1.05. The number of halogens is 4. The lowest BCUT2D eigenvalue weighted by Crippen LogP contribution is -2.41. The Morgan fingerprint density at radius 3 is 2.58 bits per heavy atom. The quantitative estimate of drug-likeness (QED) is 0.171. The molecule has 7 nitrogen and oxygen atoms in total. The Bertz CT molecular complexity index is 1580. The molecule has 0 spiro atoms. The van der Waals surface area contributed by atoms with Crippen molar-refractivity contribution in [2.24, 2.45) is 5.41 Å². The molecule has 0 aliphatic carbocycles. The molecule has 1 aromatic heterocycles. The molecule has 11 heteroatoms. The molecule has 2 saturated heterocycles. The molecule has 5 rings (SSSR count). The molecule has 1 unspecified atom stereocenters. The van der Waals surface area contributed by atoms with Crippen LogP contribution in [0.5, 0.6) is 5.75 Å². The molecule has 2 fully saturated rings. The summed E-state index contributed by atoms with van der Waals surface area (Å²) in [7, 11) is 1.56. The van der Waals surface area contributed by atoms with Gasteiger partial charge in [-0.05, 0) is 74.0 Å². The van der Waals surface area contributed by atoms with Crippen molar-refractivity contribution in [3.63, 3.8) is 0 Å². The highest BCUT2D eigenvalue weighted by molar-refractivity contribution is 5.85. The van der Waals surface area contributed by atoms with Gasteiger partial charge in [-0.2, -0.15) is 0 Å². The van der Waals surface area contributed by atoms with E-state index in [1.807, 2.05) is 17.0 Å². The van der Waals surface area contributed by atoms with Crippen LogP contribution in [0.2, 0.25) is 0 Å². The minimum Gasteiger partial charge on any atom is -0.497 e. The van der Waals surface area contributed by atoms with E-state index >= 15 is 4.39 Å². The van der Waals surface area contributed by atoms with Crippen LogP contribution in [0.15, 0.2) is 36.5 Å². The van der Waals surface area contributed by atoms with Gasteiger partial charge in [0.2, 0.25) is 0 Å². The fraction of sp³-hybridized carbons (Fsp3) is 0.471. The fourth-order valence-corrected chi connectivity index (χ4v) is 6.35. The lowest BCUT2D eigenvalue weighted by atomic mass is 9.71. The van der Waals surface area contributed by atoms with Gasteiger partial charge in [-0.1, -0.05) is 11.8 Å². The number of methoxy groups -OCH3 is 1. The van der Waals surface area contributed by atoms with Gasteiger partial charge < -0.3 is 14.6 Å². The monoisotopic (exact) mass is 627 g/mol. The van der Waals surface area contributed by atoms with E-state index in [0.717, 1.165) is 24.7 Å². The van der Waals surface area contributed by atoms with Crippen molar-refractivity contribution >= 4 is 16.9 Å². The number of carboxylic acids is 1. The van der Waals surface area contributed by atoms with E-state index in [4.69, 9.17) is 9.47 Å². The Morgan fingerprint density at radius 2 is 1.87 bits per heavy atom. The van der Waals surface area contributed by atoms with E-state index in [-0.39, 0.29) is 24.9 Å². The molecule has 0 radical (unpaired) electrons. The lowest BCUT2D eigenvalue weighted by Gasteiger charge is -2.41. The minimum absolute atomic E-state index is 0.0848. The molecule has 3 heterocycles. The fourth-order valence-electron chi connectivity index (χ4n) is 6.35. The van der Waals surface area contributed by atoms with Crippen molar-refractivity contribution < 1.29 is 36.9 Å². The number of ether oxygens (including phenoxy) is 2. The van der Waals surface area contributed by atoms with Gasteiger partial charge in [-0.15, -0.1) is 0 Å². The average molecular weight is 628 g/mol. The molecule has 0 bridgehead atoms. The van der Waals surface area contributed by atoms with Crippen LogP contribution >= 0.6 is 0 Å². The molecule has 2 aliphatic heterocycles. The number of aromatic nitrogens is 1. The van der Waals surface area contributed by atoms with E-state index in [9.17, 15) is 23.1 Å². The molecule has 0 saturated carbocycles. The normalized spacial score (nSPS) is 17.9. The number of hydrogen-bond acceptors (Lipinski definition) is 6. The van der Waals surface area contributed by atoms with E-state index in [1.54, 1.807) is 19.4 Å². The third-order valence-corrected chi connectivity index (χ3v) is 8.90. The largest absolute Gasteiger partial charge is 0.497 e. The highest BCUT2D eigenvalue weighted by Crippen LogP contribution is 2.43. The third-order valence-electron chi connectivity index (χ3n) is 8.90. The summed E-state index contributed by atoms with van der Waals surface area (Å²) in [5.74, 6) is 1.53. The van der Waals surface area contributed by atoms with Crippen LogP contribution in [-0.4, -0.2) is 78.9 Å². The number of fused-ring (bicyclic) bond motifs is 1. The topological polar surface area (TPSA) is 75.1 Å². The van der Waals surface area contributed by atoms with Gasteiger partial charge >= 0.3 is 5.97 Å². The van der Waals surface area contributed by atoms with E-state index < -0.39 is 35.0 Å². The highest BCUT2D eigenvalue weighted by atomic mass is 19.2. The van der Waals surface area contributed by atoms with E-state index in [2.05, 4.69) is 21.7 Å². The Hall–Kier alpha value is -3.72. The number of morpholine rings is 1. The number of benzene rings is 2. The maximum atomic E-state index is 16.5. The van der Waals surface area contributed by atoms with Gasteiger partial charge in [0.25, 0.3) is 0 Å². The Labute approximate surface area is 260 Å². The molecule has 2 aromatic carbocycles. The smallest absolute Gasteiger partial charge is 0.303 e. The molecule has 1 N–H and O–H groups in total. The summed E-state index contributed by atoms with van der Waals surface area (Å²) < 4.78 is 68.3. The third kappa shape index (κ3) is 8.12. The summed E-state index contributed by atoms with van der Waals surface area (Å²) in [6.07, 6.45) is 1.85. The minimum atomic E-state index is -1.35. The van der Waals surface area contributed by atoms with Crippen molar-refractivity contribution in [1.29, 1.82) is 0 Å². The first-order valence-corrected chi connectivity index (χ1v) is 15.1. The number of piperidine rings is 1. The van der Waals surface area contributed by atoms with Crippen molar-refractivity contribution in [2.45, 2.75) is 44.8 Å². The van der Waals surface area contributed by atoms with Crippen molar-refractivity contribution in [3.8, 4) is 17.6 Å². The number of aliphatic carboxylic acids is 1. The summed E-state index contributed by atoms with van der Waals surface area (Å²) in [6.45, 7) is 4.48. The van der Waals surface area contributed by atoms with Crippen LogP contribution in [0, 0.1) is 34.7 Å². The molecule has 2 aliphatic rings. The summed E-state index contributed by atoms with van der Waals surface area (Å²) in [5, 5.41) is 10.5. The summed E-state index contributed by atoms with van der Waals surface area (Å²) in [4.78, 5) is 20.7. The first-order valence-electron chi connectivity index (χ1n) is 15.1. The Morgan fingerprint density at radius 1 is 1.11 bits per heavy atom. The molecule has 0 amide bonds. The van der Waals surface area contributed by atoms with Crippen molar-refractivity contribution in [3.05, 3.63) is 70.7 Å².